The van der Waals surface area contributed by atoms with Crippen LogP contribution >= 0.6 is 0 Å². The lowest BCUT2D eigenvalue weighted by Crippen LogP contribution is -1.80. The average Bonchev–Trinajstić information content (AvgIpc) is 1.99. The van der Waals surface area contributed by atoms with Crippen molar-refractivity contribution < 1.29 is 4.74 Å². The van der Waals surface area contributed by atoms with Gasteiger partial charge in [-0.15, -0.1) is 0 Å². The molecule has 0 aliphatic heterocycles. The van der Waals surface area contributed by atoms with Gasteiger partial charge in [0.1, 0.15) is 5.76 Å². The Hall–Kier alpha value is -0.980. The van der Waals surface area contributed by atoms with Crippen molar-refractivity contribution in [3.8, 4) is 0 Å². The molecule has 0 aromatic rings. The number of hydrogen-bond donors (Lipinski definition) is 0. The van der Waals surface area contributed by atoms with Gasteiger partial charge in [0, 0.05) is 0 Å². The fourth-order valence-corrected chi connectivity index (χ4v) is 0.509. The Bertz CT molecular complexity index is 164. The van der Waals surface area contributed by atoms with E-state index in [0.29, 0.717) is 0 Å². The maximum Gasteiger partial charge on any atom is 0.118 e. The van der Waals surface area contributed by atoms with Gasteiger partial charge in [0.05, 0.1) is 7.11 Å². The molecule has 0 spiro atoms. The molecule has 0 bridgehead atoms. The van der Waals surface area contributed by atoms with E-state index in [4.69, 9.17) is 4.74 Å². The first-order chi connectivity index (χ1) is 4.74. The van der Waals surface area contributed by atoms with Crippen LogP contribution in [0.15, 0.2) is 36.1 Å². The van der Waals surface area contributed by atoms with Gasteiger partial charge in [-0.3, -0.25) is 0 Å². The molecule has 1 nitrogen and oxygen atoms in total. The topological polar surface area (TPSA) is 9.23 Å². The fourth-order valence-electron chi connectivity index (χ4n) is 0.509. The molecule has 0 rings (SSSR count). The maximum atomic E-state index is 4.97. The molecule has 10 heavy (non-hydrogen) atoms. The number of rotatable bonds is 3. The summed E-state index contributed by atoms with van der Waals surface area (Å²) < 4.78 is 4.97. The molecule has 56 valence electrons. The van der Waals surface area contributed by atoms with Gasteiger partial charge in [-0.1, -0.05) is 18.2 Å². The van der Waals surface area contributed by atoms with Crippen molar-refractivity contribution in [2.24, 2.45) is 0 Å². The minimum atomic E-state index is 0.801. The summed E-state index contributed by atoms with van der Waals surface area (Å²) in [6, 6.07) is 0. The monoisotopic (exact) mass is 138 g/mol. The zero-order chi connectivity index (χ0) is 7.98. The smallest absolute Gasteiger partial charge is 0.118 e. The van der Waals surface area contributed by atoms with E-state index in [0.717, 1.165) is 5.76 Å². The third-order valence-corrected chi connectivity index (χ3v) is 1.26. The highest BCUT2D eigenvalue weighted by atomic mass is 16.5. The van der Waals surface area contributed by atoms with Gasteiger partial charge < -0.3 is 4.74 Å². The van der Waals surface area contributed by atoms with Crippen LogP contribution in [0.5, 0.6) is 0 Å². The van der Waals surface area contributed by atoms with Crippen LogP contribution in [-0.4, -0.2) is 7.11 Å². The summed E-state index contributed by atoms with van der Waals surface area (Å²) in [5.74, 6) is 0.801. The third-order valence-electron chi connectivity index (χ3n) is 1.26. The Morgan fingerprint density at radius 1 is 1.50 bits per heavy atom. The second-order valence-corrected chi connectivity index (χ2v) is 1.99. The van der Waals surface area contributed by atoms with Gasteiger partial charge in [0.2, 0.25) is 0 Å². The van der Waals surface area contributed by atoms with Crippen molar-refractivity contribution in [2.75, 3.05) is 7.11 Å². The van der Waals surface area contributed by atoms with E-state index in [2.05, 4.69) is 6.58 Å². The van der Waals surface area contributed by atoms with Crippen molar-refractivity contribution in [3.63, 3.8) is 0 Å². The fraction of sp³-hybridized carbons (Fsp3) is 0.333. The predicted octanol–water partition coefficient (Wildman–Crippen LogP) is 2.67. The zero-order valence-corrected chi connectivity index (χ0v) is 6.85. The van der Waals surface area contributed by atoms with Crippen LogP contribution in [0.2, 0.25) is 0 Å². The van der Waals surface area contributed by atoms with Gasteiger partial charge in [0.25, 0.3) is 0 Å². The Labute approximate surface area is 62.7 Å². The van der Waals surface area contributed by atoms with Crippen molar-refractivity contribution >= 4 is 0 Å². The summed E-state index contributed by atoms with van der Waals surface area (Å²) in [7, 11) is 1.64. The molecule has 1 heteroatoms. The lowest BCUT2D eigenvalue weighted by molar-refractivity contribution is 0.307. The van der Waals surface area contributed by atoms with E-state index in [1.165, 1.54) is 5.57 Å². The molecule has 0 aliphatic rings. The first-order valence-electron chi connectivity index (χ1n) is 3.25. The number of methoxy groups -OCH3 is 1. The molecular formula is C9H14O. The first kappa shape index (κ1) is 9.02. The summed E-state index contributed by atoms with van der Waals surface area (Å²) in [6.07, 6.45) is 5.64. The molecule has 0 atom stereocenters. The molecule has 0 fully saturated rings. The van der Waals surface area contributed by atoms with Crippen molar-refractivity contribution in [2.45, 2.75) is 13.8 Å². The van der Waals surface area contributed by atoms with Crippen LogP contribution in [0.25, 0.3) is 0 Å². The normalized spacial score (nSPS) is 13.1. The van der Waals surface area contributed by atoms with E-state index in [1.54, 1.807) is 13.2 Å². The molecular weight excluding hydrogens is 124 g/mol. The van der Waals surface area contributed by atoms with Gasteiger partial charge in [-0.2, -0.15) is 0 Å². The lowest BCUT2D eigenvalue weighted by atomic mass is 10.2. The third kappa shape index (κ3) is 3.13. The average molecular weight is 138 g/mol. The van der Waals surface area contributed by atoms with Crippen LogP contribution in [0.1, 0.15) is 13.8 Å². The van der Waals surface area contributed by atoms with Crippen LogP contribution in [-0.2, 0) is 4.74 Å². The number of ether oxygens (including phenoxy) is 1. The van der Waals surface area contributed by atoms with Crippen molar-refractivity contribution in [1.29, 1.82) is 0 Å². The SMILES string of the molecule is C=CC(=CC(C)=CC)OC. The molecule has 0 saturated carbocycles. The molecule has 0 aromatic heterocycles. The minimum absolute atomic E-state index is 0.801. The first-order valence-corrected chi connectivity index (χ1v) is 3.25. The zero-order valence-electron chi connectivity index (χ0n) is 6.85. The van der Waals surface area contributed by atoms with Gasteiger partial charge in [-0.05, 0) is 26.0 Å². The molecule has 0 heterocycles. The molecule has 0 unspecified atom stereocenters. The molecule has 0 N–H and O–H groups in total. The Morgan fingerprint density at radius 3 is 2.40 bits per heavy atom. The highest BCUT2D eigenvalue weighted by molar-refractivity contribution is 5.23. The van der Waals surface area contributed by atoms with Crippen molar-refractivity contribution in [3.05, 3.63) is 36.1 Å². The maximum absolute atomic E-state index is 4.97. The minimum Gasteiger partial charge on any atom is -0.497 e. The van der Waals surface area contributed by atoms with E-state index < -0.39 is 0 Å². The summed E-state index contributed by atoms with van der Waals surface area (Å²) in [4.78, 5) is 0. The quantitative estimate of drug-likeness (QED) is 0.430. The van der Waals surface area contributed by atoms with Gasteiger partial charge in [0.15, 0.2) is 0 Å². The highest BCUT2D eigenvalue weighted by Gasteiger charge is 1.86. The lowest BCUT2D eigenvalue weighted by Gasteiger charge is -1.98. The van der Waals surface area contributed by atoms with Gasteiger partial charge >= 0.3 is 0 Å². The second-order valence-electron chi connectivity index (χ2n) is 1.99. The molecule has 0 radical (unpaired) electrons. The molecule has 0 amide bonds. The largest absolute Gasteiger partial charge is 0.497 e. The van der Waals surface area contributed by atoms with Gasteiger partial charge in [-0.25, -0.2) is 0 Å². The Morgan fingerprint density at radius 2 is 2.10 bits per heavy atom. The summed E-state index contributed by atoms with van der Waals surface area (Å²) in [5, 5.41) is 0. The summed E-state index contributed by atoms with van der Waals surface area (Å²) in [5.41, 5.74) is 1.18. The Kier molecular flexibility index (Phi) is 4.38. The van der Waals surface area contributed by atoms with E-state index in [-0.39, 0.29) is 0 Å². The summed E-state index contributed by atoms with van der Waals surface area (Å²) >= 11 is 0. The highest BCUT2D eigenvalue weighted by Crippen LogP contribution is 2.02. The molecule has 0 aromatic carbocycles. The van der Waals surface area contributed by atoms with Crippen LogP contribution < -0.4 is 0 Å². The number of allylic oxidation sites excluding steroid dienone is 4. The van der Waals surface area contributed by atoms with E-state index in [9.17, 15) is 0 Å². The predicted molar refractivity (Wildman–Crippen MR) is 44.7 cm³/mol. The van der Waals surface area contributed by atoms with Crippen LogP contribution in [0.3, 0.4) is 0 Å². The standard InChI is InChI=1S/C9H14O/c1-5-8(3)7-9(6-2)10-4/h5-7H,2H2,1,3-4H3. The summed E-state index contributed by atoms with van der Waals surface area (Å²) in [6.45, 7) is 7.60. The van der Waals surface area contributed by atoms with Crippen LogP contribution in [0, 0.1) is 0 Å². The second kappa shape index (κ2) is 4.86. The van der Waals surface area contributed by atoms with E-state index in [1.807, 2.05) is 26.0 Å². The van der Waals surface area contributed by atoms with Crippen LogP contribution in [0.4, 0.5) is 0 Å². The molecule has 0 saturated heterocycles. The van der Waals surface area contributed by atoms with Crippen molar-refractivity contribution in [1.82, 2.24) is 0 Å². The van der Waals surface area contributed by atoms with E-state index >= 15 is 0 Å². The molecule has 0 aliphatic carbocycles. The Balaban J connectivity index is 4.24. The number of hydrogen-bond acceptors (Lipinski definition) is 1.